The normalized spacial score (nSPS) is 14.6. The zero-order chi connectivity index (χ0) is 37.2. The van der Waals surface area contributed by atoms with Gasteiger partial charge in [0.2, 0.25) is 5.91 Å². The summed E-state index contributed by atoms with van der Waals surface area (Å²) >= 11 is 0. The number of quaternary nitrogens is 1. The van der Waals surface area contributed by atoms with Crippen molar-refractivity contribution in [2.75, 3.05) is 40.9 Å². The van der Waals surface area contributed by atoms with Crippen molar-refractivity contribution in [1.82, 2.24) is 5.32 Å². The van der Waals surface area contributed by atoms with E-state index in [1.54, 1.807) is 0 Å². The van der Waals surface area contributed by atoms with Crippen LogP contribution in [0.15, 0.2) is 12.2 Å². The predicted molar refractivity (Wildman–Crippen MR) is 212 cm³/mol. The third-order valence-corrected chi connectivity index (χ3v) is 10.5. The van der Waals surface area contributed by atoms with Gasteiger partial charge in [0, 0.05) is 6.42 Å². The number of aliphatic hydroxyl groups is 1. The zero-order valence-electron chi connectivity index (χ0n) is 33.7. The average molecular weight is 732 g/mol. The highest BCUT2D eigenvalue weighted by Crippen LogP contribution is 2.43. The highest BCUT2D eigenvalue weighted by atomic mass is 31.2. The van der Waals surface area contributed by atoms with E-state index in [-0.39, 0.29) is 19.1 Å². The Kier molecular flexibility index (Phi) is 33.5. The van der Waals surface area contributed by atoms with E-state index in [1.807, 2.05) is 21.1 Å². The number of nitrogens with zero attached hydrogens (tertiary/aromatic N) is 1. The van der Waals surface area contributed by atoms with Gasteiger partial charge in [-0.3, -0.25) is 13.8 Å². The van der Waals surface area contributed by atoms with Crippen LogP contribution in [0, 0.1) is 0 Å². The van der Waals surface area contributed by atoms with Gasteiger partial charge in [0.1, 0.15) is 13.2 Å². The minimum absolute atomic E-state index is 0.0755. The Balaban J connectivity index is 4.40. The van der Waals surface area contributed by atoms with Gasteiger partial charge in [-0.05, 0) is 38.5 Å². The second-order valence-electron chi connectivity index (χ2n) is 15.7. The van der Waals surface area contributed by atoms with E-state index in [0.717, 1.165) is 38.5 Å². The van der Waals surface area contributed by atoms with Crippen LogP contribution in [0.5, 0.6) is 0 Å². The van der Waals surface area contributed by atoms with Crippen LogP contribution in [0.1, 0.15) is 194 Å². The number of phosphoric ester groups is 1. The van der Waals surface area contributed by atoms with E-state index in [1.165, 1.54) is 128 Å². The van der Waals surface area contributed by atoms with Gasteiger partial charge in [0.25, 0.3) is 0 Å². The number of rotatable bonds is 38. The van der Waals surface area contributed by atoms with Crippen LogP contribution in [0.2, 0.25) is 0 Å². The van der Waals surface area contributed by atoms with Gasteiger partial charge in [-0.2, -0.15) is 0 Å². The van der Waals surface area contributed by atoms with Gasteiger partial charge in [0.05, 0.1) is 39.9 Å². The molecule has 1 unspecified atom stereocenters. The number of aliphatic hydroxyl groups excluding tert-OH is 1. The van der Waals surface area contributed by atoms with Crippen molar-refractivity contribution in [2.45, 2.75) is 206 Å². The molecule has 3 atom stereocenters. The maximum absolute atomic E-state index is 12.8. The molecule has 50 heavy (non-hydrogen) atoms. The molecule has 0 aromatic carbocycles. The smallest absolute Gasteiger partial charge is 0.391 e. The maximum atomic E-state index is 12.8. The van der Waals surface area contributed by atoms with Crippen molar-refractivity contribution in [1.29, 1.82) is 0 Å². The quantitative estimate of drug-likeness (QED) is 0.0253. The van der Waals surface area contributed by atoms with E-state index in [9.17, 15) is 19.4 Å². The van der Waals surface area contributed by atoms with Crippen LogP contribution in [0.4, 0.5) is 0 Å². The number of unbranched alkanes of at least 4 members (excludes halogenated alkanes) is 23. The molecule has 0 aromatic rings. The minimum atomic E-state index is -4.31. The Labute approximate surface area is 310 Å². The second kappa shape index (κ2) is 34.0. The van der Waals surface area contributed by atoms with Crippen molar-refractivity contribution in [3.05, 3.63) is 12.2 Å². The van der Waals surface area contributed by atoms with Gasteiger partial charge in [-0.25, -0.2) is 4.57 Å². The van der Waals surface area contributed by atoms with Gasteiger partial charge in [-0.1, -0.05) is 161 Å². The number of phosphoric acid groups is 1. The summed E-state index contributed by atoms with van der Waals surface area (Å²) in [5.41, 5.74) is 0. The third-order valence-electron chi connectivity index (χ3n) is 9.51. The molecule has 0 fully saturated rings. The molecular weight excluding hydrogens is 647 g/mol. The largest absolute Gasteiger partial charge is 0.472 e. The van der Waals surface area contributed by atoms with E-state index >= 15 is 0 Å². The van der Waals surface area contributed by atoms with Crippen LogP contribution in [0.25, 0.3) is 0 Å². The SMILES string of the molecule is CCCCCC/C=C\CCCCCCCCCC(=O)N[C@@H](COP(=O)(O)OCC[N+](C)(C)C)[C@H](O)CCCCCCCCCCCCCCC. The van der Waals surface area contributed by atoms with E-state index in [2.05, 4.69) is 31.3 Å². The average Bonchev–Trinajstić information content (AvgIpc) is 3.06. The molecule has 0 rings (SSSR count). The highest BCUT2D eigenvalue weighted by molar-refractivity contribution is 7.47. The summed E-state index contributed by atoms with van der Waals surface area (Å²) in [6.07, 6.45) is 36.5. The molecule has 0 aliphatic rings. The van der Waals surface area contributed by atoms with Gasteiger partial charge < -0.3 is 19.8 Å². The molecule has 0 radical (unpaired) electrons. The van der Waals surface area contributed by atoms with Crippen LogP contribution in [-0.4, -0.2) is 73.4 Å². The molecule has 8 nitrogen and oxygen atoms in total. The molecule has 0 saturated carbocycles. The lowest BCUT2D eigenvalue weighted by molar-refractivity contribution is -0.870. The van der Waals surface area contributed by atoms with Crippen molar-refractivity contribution in [3.63, 3.8) is 0 Å². The molecule has 3 N–H and O–H groups in total. The second-order valence-corrected chi connectivity index (χ2v) is 17.2. The summed E-state index contributed by atoms with van der Waals surface area (Å²) in [7, 11) is 1.62. The van der Waals surface area contributed by atoms with Crippen molar-refractivity contribution < 1.29 is 32.9 Å². The Morgan fingerprint density at radius 2 is 1.08 bits per heavy atom. The molecule has 0 saturated heterocycles. The fourth-order valence-electron chi connectivity index (χ4n) is 6.10. The number of carbonyl (C=O) groups excluding carboxylic acids is 1. The maximum Gasteiger partial charge on any atom is 0.472 e. The van der Waals surface area contributed by atoms with Crippen LogP contribution < -0.4 is 5.32 Å². The number of carbonyl (C=O) groups is 1. The third kappa shape index (κ3) is 35.6. The van der Waals surface area contributed by atoms with Gasteiger partial charge in [-0.15, -0.1) is 0 Å². The lowest BCUT2D eigenvalue weighted by Gasteiger charge is -2.26. The number of nitrogens with one attached hydrogen (secondary N) is 1. The topological polar surface area (TPSA) is 105 Å². The lowest BCUT2D eigenvalue weighted by Crippen LogP contribution is -2.46. The van der Waals surface area contributed by atoms with Gasteiger partial charge in [0.15, 0.2) is 0 Å². The molecule has 0 aliphatic heterocycles. The monoisotopic (exact) mass is 732 g/mol. The lowest BCUT2D eigenvalue weighted by atomic mass is 10.0. The van der Waals surface area contributed by atoms with Crippen LogP contribution in [-0.2, 0) is 18.4 Å². The van der Waals surface area contributed by atoms with Gasteiger partial charge >= 0.3 is 7.82 Å². The summed E-state index contributed by atoms with van der Waals surface area (Å²) in [5, 5.41) is 13.9. The molecule has 1 amide bonds. The Bertz CT molecular complexity index is 834. The Morgan fingerprint density at radius 1 is 0.660 bits per heavy atom. The standard InChI is InChI=1S/C41H83N2O6P/c1-6-8-10-12-14-16-18-20-21-23-25-27-29-31-33-35-41(45)42-39(38-49-50(46,47)48-37-36-43(3,4)5)40(44)34-32-30-28-26-24-22-19-17-15-13-11-9-7-2/h16,18,39-40,44H,6-15,17,19-38H2,1-5H3,(H-,42,45,46,47)/p+1/b18-16-/t39-,40+/m0/s1. The molecule has 0 heterocycles. The summed E-state index contributed by atoms with van der Waals surface area (Å²) in [5.74, 6) is -0.150. The number of hydrogen-bond acceptors (Lipinski definition) is 5. The number of likely N-dealkylation sites (N-methyl/N-ethyl adjacent to an activating group) is 1. The van der Waals surface area contributed by atoms with Crippen molar-refractivity contribution in [3.8, 4) is 0 Å². The predicted octanol–water partition coefficient (Wildman–Crippen LogP) is 11.2. The van der Waals surface area contributed by atoms with Crippen LogP contribution >= 0.6 is 7.82 Å². The van der Waals surface area contributed by atoms with E-state index in [4.69, 9.17) is 9.05 Å². The first-order valence-corrected chi connectivity index (χ1v) is 22.5. The number of allylic oxidation sites excluding steroid dienone is 2. The molecule has 0 aromatic heterocycles. The Hall–Kier alpha value is -0.760. The first-order valence-electron chi connectivity index (χ1n) is 21.1. The molecule has 0 aliphatic carbocycles. The van der Waals surface area contributed by atoms with Crippen LogP contribution in [0.3, 0.4) is 0 Å². The summed E-state index contributed by atoms with van der Waals surface area (Å²) < 4.78 is 23.6. The number of hydrogen-bond donors (Lipinski definition) is 3. The summed E-state index contributed by atoms with van der Waals surface area (Å²) in [6.45, 7) is 4.87. The summed E-state index contributed by atoms with van der Waals surface area (Å²) in [4.78, 5) is 23.1. The summed E-state index contributed by atoms with van der Waals surface area (Å²) in [6, 6.07) is -0.757. The zero-order valence-corrected chi connectivity index (χ0v) is 34.5. The first-order chi connectivity index (χ1) is 24.0. The Morgan fingerprint density at radius 3 is 1.56 bits per heavy atom. The van der Waals surface area contributed by atoms with Crippen molar-refractivity contribution >= 4 is 13.7 Å². The minimum Gasteiger partial charge on any atom is -0.391 e. The molecule has 298 valence electrons. The molecule has 9 heteroatoms. The first kappa shape index (κ1) is 49.2. The fourth-order valence-corrected chi connectivity index (χ4v) is 6.83. The van der Waals surface area contributed by atoms with Crippen molar-refractivity contribution in [2.24, 2.45) is 0 Å². The fraction of sp³-hybridized carbons (Fsp3) is 0.927. The number of amides is 1. The van der Waals surface area contributed by atoms with E-state index in [0.29, 0.717) is 23.9 Å². The van der Waals surface area contributed by atoms with E-state index < -0.39 is 20.0 Å². The molecular formula is C41H84N2O6P+. The highest BCUT2D eigenvalue weighted by Gasteiger charge is 2.28. The molecule has 0 spiro atoms. The molecule has 0 bridgehead atoms.